The monoisotopic (exact) mass is 273 g/mol. The minimum atomic E-state index is -0.775. The molecule has 0 atom stereocenters. The molecule has 0 radical (unpaired) electrons. The molecule has 106 valence electrons. The Bertz CT molecular complexity index is 420. The molecule has 1 rings (SSSR count). The zero-order chi connectivity index (χ0) is 14.3. The van der Waals surface area contributed by atoms with Crippen molar-refractivity contribution < 1.29 is 23.0 Å². The first-order valence-corrected chi connectivity index (χ1v) is 6.04. The average molecular weight is 273 g/mol. The molecule has 0 fully saturated rings. The number of rotatable bonds is 7. The maximum Gasteiger partial charge on any atom is 0.254 e. The fourth-order valence-corrected chi connectivity index (χ4v) is 1.48. The van der Waals surface area contributed by atoms with Crippen LogP contribution in [-0.2, 0) is 9.47 Å². The van der Waals surface area contributed by atoms with Gasteiger partial charge in [-0.25, -0.2) is 8.78 Å². The van der Waals surface area contributed by atoms with Gasteiger partial charge in [0.2, 0.25) is 0 Å². The molecule has 0 unspecified atom stereocenters. The molecule has 19 heavy (non-hydrogen) atoms. The standard InChI is InChI=1S/C13H17F2NO3/c1-3-18-12(19-4-2)8-16-13(17)10-7-9(14)5-6-11(10)15/h5-7,12H,3-4,8H2,1-2H3,(H,16,17). The van der Waals surface area contributed by atoms with E-state index in [0.717, 1.165) is 18.2 Å². The van der Waals surface area contributed by atoms with Crippen LogP contribution in [0.2, 0.25) is 0 Å². The third-order valence-electron chi connectivity index (χ3n) is 2.31. The Morgan fingerprint density at radius 3 is 2.47 bits per heavy atom. The largest absolute Gasteiger partial charge is 0.351 e. The first-order valence-electron chi connectivity index (χ1n) is 6.04. The van der Waals surface area contributed by atoms with Crippen molar-refractivity contribution in [2.75, 3.05) is 19.8 Å². The topological polar surface area (TPSA) is 47.6 Å². The van der Waals surface area contributed by atoms with Gasteiger partial charge < -0.3 is 14.8 Å². The summed E-state index contributed by atoms with van der Waals surface area (Å²) in [7, 11) is 0. The highest BCUT2D eigenvalue weighted by atomic mass is 19.1. The van der Waals surface area contributed by atoms with Crippen LogP contribution < -0.4 is 5.32 Å². The second-order valence-electron chi connectivity index (χ2n) is 3.67. The van der Waals surface area contributed by atoms with Crippen LogP contribution in [0.25, 0.3) is 0 Å². The molecule has 1 N–H and O–H groups in total. The molecule has 1 amide bonds. The summed E-state index contributed by atoms with van der Waals surface area (Å²) < 4.78 is 36.7. The van der Waals surface area contributed by atoms with Crippen LogP contribution in [0.15, 0.2) is 18.2 Å². The van der Waals surface area contributed by atoms with Crippen molar-refractivity contribution in [3.05, 3.63) is 35.4 Å². The molecule has 0 heterocycles. The molecule has 6 heteroatoms. The van der Waals surface area contributed by atoms with E-state index in [1.54, 1.807) is 13.8 Å². The fourth-order valence-electron chi connectivity index (χ4n) is 1.48. The van der Waals surface area contributed by atoms with Gasteiger partial charge in [0.15, 0.2) is 6.29 Å². The molecule has 1 aromatic rings. The first-order chi connectivity index (χ1) is 9.08. The van der Waals surface area contributed by atoms with Gasteiger partial charge in [-0.2, -0.15) is 0 Å². The number of ether oxygens (including phenoxy) is 2. The smallest absolute Gasteiger partial charge is 0.254 e. The molecule has 0 spiro atoms. The van der Waals surface area contributed by atoms with E-state index in [0.29, 0.717) is 13.2 Å². The maximum absolute atomic E-state index is 13.4. The fraction of sp³-hybridized carbons (Fsp3) is 0.462. The summed E-state index contributed by atoms with van der Waals surface area (Å²) in [4.78, 5) is 11.7. The van der Waals surface area contributed by atoms with Crippen molar-refractivity contribution in [3.63, 3.8) is 0 Å². The summed E-state index contributed by atoms with van der Waals surface area (Å²) >= 11 is 0. The van der Waals surface area contributed by atoms with Gasteiger partial charge >= 0.3 is 0 Å². The molecule has 0 saturated heterocycles. The number of amides is 1. The number of hydrogen-bond acceptors (Lipinski definition) is 3. The number of benzene rings is 1. The summed E-state index contributed by atoms with van der Waals surface area (Å²) in [5.41, 5.74) is -0.341. The molecule has 1 aromatic carbocycles. The highest BCUT2D eigenvalue weighted by Gasteiger charge is 2.15. The second-order valence-corrected chi connectivity index (χ2v) is 3.67. The van der Waals surface area contributed by atoms with E-state index >= 15 is 0 Å². The Hall–Kier alpha value is -1.53. The van der Waals surface area contributed by atoms with Crippen LogP contribution in [0.4, 0.5) is 8.78 Å². The molecule has 0 aliphatic carbocycles. The number of carbonyl (C=O) groups is 1. The lowest BCUT2D eigenvalue weighted by molar-refractivity contribution is -0.131. The molecule has 0 bridgehead atoms. The summed E-state index contributed by atoms with van der Waals surface area (Å²) in [5, 5.41) is 2.44. The van der Waals surface area contributed by atoms with Gasteiger partial charge in [-0.15, -0.1) is 0 Å². The Labute approximate surface area is 110 Å². The maximum atomic E-state index is 13.4. The Kier molecular flexibility index (Phi) is 6.38. The van der Waals surface area contributed by atoms with Gasteiger partial charge in [-0.05, 0) is 32.0 Å². The average Bonchev–Trinajstić information content (AvgIpc) is 2.39. The summed E-state index contributed by atoms with van der Waals surface area (Å²) in [6.07, 6.45) is -0.601. The molecule has 0 saturated carbocycles. The third kappa shape index (κ3) is 4.92. The van der Waals surface area contributed by atoms with Gasteiger partial charge in [-0.1, -0.05) is 0 Å². The number of hydrogen-bond donors (Lipinski definition) is 1. The van der Waals surface area contributed by atoms with Crippen molar-refractivity contribution in [2.45, 2.75) is 20.1 Å². The van der Waals surface area contributed by atoms with Crippen molar-refractivity contribution in [2.24, 2.45) is 0 Å². The van der Waals surface area contributed by atoms with E-state index < -0.39 is 23.8 Å². The summed E-state index contributed by atoms with van der Waals surface area (Å²) in [6, 6.07) is 2.71. The van der Waals surface area contributed by atoms with Gasteiger partial charge in [-0.3, -0.25) is 4.79 Å². The summed E-state index contributed by atoms with van der Waals surface area (Å²) in [6.45, 7) is 4.50. The van der Waals surface area contributed by atoms with Crippen LogP contribution >= 0.6 is 0 Å². The van der Waals surface area contributed by atoms with Crippen molar-refractivity contribution >= 4 is 5.91 Å². The second kappa shape index (κ2) is 7.81. The molecular formula is C13H17F2NO3. The van der Waals surface area contributed by atoms with E-state index in [9.17, 15) is 13.6 Å². The Balaban J connectivity index is 2.61. The highest BCUT2D eigenvalue weighted by molar-refractivity contribution is 5.94. The molecule has 4 nitrogen and oxygen atoms in total. The predicted molar refractivity (Wildman–Crippen MR) is 65.7 cm³/mol. The zero-order valence-corrected chi connectivity index (χ0v) is 10.9. The molecular weight excluding hydrogens is 256 g/mol. The van der Waals surface area contributed by atoms with Crippen LogP contribution in [0, 0.1) is 11.6 Å². The lowest BCUT2D eigenvalue weighted by Crippen LogP contribution is -2.35. The lowest BCUT2D eigenvalue weighted by atomic mass is 10.2. The minimum Gasteiger partial charge on any atom is -0.351 e. The van der Waals surface area contributed by atoms with E-state index in [-0.39, 0.29) is 12.1 Å². The lowest BCUT2D eigenvalue weighted by Gasteiger charge is -2.17. The predicted octanol–water partition coefficient (Wildman–Crippen LogP) is 2.09. The van der Waals surface area contributed by atoms with E-state index in [1.165, 1.54) is 0 Å². The number of carbonyl (C=O) groups excluding carboxylic acids is 1. The van der Waals surface area contributed by atoms with E-state index in [4.69, 9.17) is 9.47 Å². The highest BCUT2D eigenvalue weighted by Crippen LogP contribution is 2.09. The van der Waals surface area contributed by atoms with Crippen LogP contribution in [0.5, 0.6) is 0 Å². The third-order valence-corrected chi connectivity index (χ3v) is 2.31. The van der Waals surface area contributed by atoms with Crippen LogP contribution in [0.1, 0.15) is 24.2 Å². The molecule has 0 aliphatic heterocycles. The van der Waals surface area contributed by atoms with Gasteiger partial charge in [0.25, 0.3) is 5.91 Å². The molecule has 0 aromatic heterocycles. The number of nitrogens with one attached hydrogen (secondary N) is 1. The summed E-state index contributed by atoms with van der Waals surface area (Å²) in [5.74, 6) is -2.15. The van der Waals surface area contributed by atoms with Crippen molar-refractivity contribution in [1.29, 1.82) is 0 Å². The van der Waals surface area contributed by atoms with Gasteiger partial charge in [0.05, 0.1) is 12.1 Å². The van der Waals surface area contributed by atoms with Gasteiger partial charge in [0.1, 0.15) is 11.6 Å². The SMILES string of the molecule is CCOC(CNC(=O)c1cc(F)ccc1F)OCC. The van der Waals surface area contributed by atoms with Crippen LogP contribution in [-0.4, -0.2) is 32.0 Å². The zero-order valence-electron chi connectivity index (χ0n) is 10.9. The first kappa shape index (κ1) is 15.5. The van der Waals surface area contributed by atoms with Crippen LogP contribution in [0.3, 0.4) is 0 Å². The van der Waals surface area contributed by atoms with Crippen molar-refractivity contribution in [3.8, 4) is 0 Å². The van der Waals surface area contributed by atoms with E-state index in [1.807, 2.05) is 0 Å². The molecule has 0 aliphatic rings. The Morgan fingerprint density at radius 2 is 1.89 bits per heavy atom. The normalized spacial score (nSPS) is 10.8. The van der Waals surface area contributed by atoms with Crippen molar-refractivity contribution in [1.82, 2.24) is 5.32 Å². The van der Waals surface area contributed by atoms with E-state index in [2.05, 4.69) is 5.32 Å². The van der Waals surface area contributed by atoms with Gasteiger partial charge in [0, 0.05) is 13.2 Å². The minimum absolute atomic E-state index is 0.0659. The number of halogens is 2. The Morgan fingerprint density at radius 1 is 1.26 bits per heavy atom. The quantitative estimate of drug-likeness (QED) is 0.774.